The molecule has 3 rings (SSSR count). The maximum atomic E-state index is 14.1. The van der Waals surface area contributed by atoms with E-state index in [-0.39, 0.29) is 30.6 Å². The van der Waals surface area contributed by atoms with E-state index in [0.29, 0.717) is 11.5 Å². The van der Waals surface area contributed by atoms with Gasteiger partial charge in [-0.15, -0.1) is 0 Å². The van der Waals surface area contributed by atoms with Gasteiger partial charge in [-0.3, -0.25) is 13.9 Å². The summed E-state index contributed by atoms with van der Waals surface area (Å²) in [5, 5.41) is 2.93. The second-order valence-electron chi connectivity index (χ2n) is 9.68. The molecular formula is C30H37N3O6S. The Balaban J connectivity index is 2.09. The van der Waals surface area contributed by atoms with E-state index in [2.05, 4.69) is 5.32 Å². The predicted molar refractivity (Wildman–Crippen MR) is 156 cm³/mol. The van der Waals surface area contributed by atoms with E-state index in [1.54, 1.807) is 49.6 Å². The molecule has 2 amide bonds. The highest BCUT2D eigenvalue weighted by atomic mass is 32.2. The number of carbonyl (C=O) groups excluding carboxylic acids is 2. The SMILES string of the molecule is COc1cccc(CN(C(=O)CN(c2ccccc2OC)S(C)(=O)=O)[C@@H](Cc2ccccc2)C(=O)NC(C)C)c1. The van der Waals surface area contributed by atoms with Crippen molar-refractivity contribution in [2.45, 2.75) is 38.9 Å². The van der Waals surface area contributed by atoms with Gasteiger partial charge in [-0.25, -0.2) is 8.42 Å². The zero-order valence-electron chi connectivity index (χ0n) is 23.5. The first-order chi connectivity index (χ1) is 19.0. The number of hydrogen-bond acceptors (Lipinski definition) is 6. The van der Waals surface area contributed by atoms with Crippen molar-refractivity contribution in [3.63, 3.8) is 0 Å². The number of anilines is 1. The van der Waals surface area contributed by atoms with E-state index in [4.69, 9.17) is 9.47 Å². The van der Waals surface area contributed by atoms with Crippen molar-refractivity contribution in [1.29, 1.82) is 0 Å². The first kappa shape index (κ1) is 30.5. The fourth-order valence-electron chi connectivity index (χ4n) is 4.33. The molecule has 1 N–H and O–H groups in total. The Bertz CT molecular complexity index is 1400. The van der Waals surface area contributed by atoms with Crippen molar-refractivity contribution in [2.24, 2.45) is 0 Å². The molecule has 1 atom stereocenters. The Morgan fingerprint density at radius 2 is 1.52 bits per heavy atom. The Morgan fingerprint density at radius 3 is 2.15 bits per heavy atom. The van der Waals surface area contributed by atoms with Crippen LogP contribution in [-0.4, -0.2) is 64.2 Å². The third kappa shape index (κ3) is 8.22. The molecule has 0 bridgehead atoms. The molecule has 40 heavy (non-hydrogen) atoms. The van der Waals surface area contributed by atoms with Gasteiger partial charge < -0.3 is 19.7 Å². The molecule has 0 saturated carbocycles. The summed E-state index contributed by atoms with van der Waals surface area (Å²) in [7, 11) is -0.919. The van der Waals surface area contributed by atoms with Gasteiger partial charge in [0.05, 0.1) is 26.2 Å². The van der Waals surface area contributed by atoms with Crippen LogP contribution in [0.5, 0.6) is 11.5 Å². The number of para-hydroxylation sites is 2. The molecule has 3 aromatic rings. The van der Waals surface area contributed by atoms with E-state index in [0.717, 1.165) is 21.7 Å². The minimum absolute atomic E-state index is 0.0581. The van der Waals surface area contributed by atoms with Crippen LogP contribution in [0.1, 0.15) is 25.0 Å². The average molecular weight is 568 g/mol. The van der Waals surface area contributed by atoms with Crippen LogP contribution in [0.15, 0.2) is 78.9 Å². The summed E-state index contributed by atoms with van der Waals surface area (Å²) in [5.74, 6) is 0.0265. The van der Waals surface area contributed by atoms with Crippen LogP contribution in [-0.2, 0) is 32.6 Å². The fraction of sp³-hybridized carbons (Fsp3) is 0.333. The molecule has 3 aromatic carbocycles. The molecule has 0 radical (unpaired) electrons. The van der Waals surface area contributed by atoms with Gasteiger partial charge in [-0.2, -0.15) is 0 Å². The smallest absolute Gasteiger partial charge is 0.244 e. The normalized spacial score (nSPS) is 11.9. The molecule has 0 aliphatic carbocycles. The van der Waals surface area contributed by atoms with Gasteiger partial charge in [0.25, 0.3) is 0 Å². The van der Waals surface area contributed by atoms with Gasteiger partial charge in [0.15, 0.2) is 0 Å². The molecule has 0 unspecified atom stereocenters. The van der Waals surface area contributed by atoms with Crippen LogP contribution in [0.4, 0.5) is 5.69 Å². The molecule has 10 heteroatoms. The summed E-state index contributed by atoms with van der Waals surface area (Å²) >= 11 is 0. The maximum absolute atomic E-state index is 14.1. The Labute approximate surface area is 236 Å². The fourth-order valence-corrected chi connectivity index (χ4v) is 5.19. The zero-order valence-corrected chi connectivity index (χ0v) is 24.4. The second-order valence-corrected chi connectivity index (χ2v) is 11.6. The van der Waals surface area contributed by atoms with Gasteiger partial charge in [0.2, 0.25) is 21.8 Å². The largest absolute Gasteiger partial charge is 0.497 e. The lowest BCUT2D eigenvalue weighted by atomic mass is 10.0. The van der Waals surface area contributed by atoms with Crippen molar-refractivity contribution >= 4 is 27.5 Å². The van der Waals surface area contributed by atoms with Crippen molar-refractivity contribution in [2.75, 3.05) is 31.3 Å². The number of hydrogen-bond donors (Lipinski definition) is 1. The summed E-state index contributed by atoms with van der Waals surface area (Å²) in [5.41, 5.74) is 1.82. The lowest BCUT2D eigenvalue weighted by Crippen LogP contribution is -2.54. The molecule has 0 aromatic heterocycles. The number of ether oxygens (including phenoxy) is 2. The molecule has 0 spiro atoms. The molecular weight excluding hydrogens is 530 g/mol. The van der Waals surface area contributed by atoms with Crippen molar-refractivity contribution in [3.05, 3.63) is 90.0 Å². The van der Waals surface area contributed by atoms with E-state index in [1.807, 2.05) is 50.2 Å². The summed E-state index contributed by atoms with van der Waals surface area (Å²) in [6, 6.07) is 22.1. The highest BCUT2D eigenvalue weighted by Gasteiger charge is 2.34. The number of nitrogens with zero attached hydrogens (tertiary/aromatic N) is 2. The van der Waals surface area contributed by atoms with Gasteiger partial charge in [0, 0.05) is 19.0 Å². The minimum Gasteiger partial charge on any atom is -0.497 e. The number of benzene rings is 3. The molecule has 0 aliphatic heterocycles. The van der Waals surface area contributed by atoms with Gasteiger partial charge in [-0.1, -0.05) is 54.6 Å². The zero-order chi connectivity index (χ0) is 29.3. The maximum Gasteiger partial charge on any atom is 0.244 e. The molecule has 0 heterocycles. The highest BCUT2D eigenvalue weighted by molar-refractivity contribution is 7.92. The van der Waals surface area contributed by atoms with E-state index < -0.39 is 28.5 Å². The van der Waals surface area contributed by atoms with E-state index in [1.165, 1.54) is 12.0 Å². The van der Waals surface area contributed by atoms with Crippen LogP contribution in [0.25, 0.3) is 0 Å². The summed E-state index contributed by atoms with van der Waals surface area (Å²) in [6.45, 7) is 3.23. The summed E-state index contributed by atoms with van der Waals surface area (Å²) in [6.07, 6.45) is 1.27. The van der Waals surface area contributed by atoms with Crippen molar-refractivity contribution in [1.82, 2.24) is 10.2 Å². The molecule has 214 valence electrons. The van der Waals surface area contributed by atoms with E-state index >= 15 is 0 Å². The molecule has 0 aliphatic rings. The molecule has 0 fully saturated rings. The number of nitrogens with one attached hydrogen (secondary N) is 1. The Hall–Kier alpha value is -4.05. The standard InChI is InChI=1S/C30H37N3O6S/c1-22(2)31-30(35)27(19-23-12-7-6-8-13-23)32(20-24-14-11-15-25(18-24)38-3)29(34)21-33(40(5,36)37)26-16-9-10-17-28(26)39-4/h6-18,22,27H,19-21H2,1-5H3,(H,31,35)/t27-/m0/s1. The van der Waals surface area contributed by atoms with Crippen LogP contribution in [0, 0.1) is 0 Å². The second kappa shape index (κ2) is 13.8. The Morgan fingerprint density at radius 1 is 0.875 bits per heavy atom. The quantitative estimate of drug-likeness (QED) is 0.338. The lowest BCUT2D eigenvalue weighted by molar-refractivity contribution is -0.140. The Kier molecular flexibility index (Phi) is 10.6. The summed E-state index contributed by atoms with van der Waals surface area (Å²) < 4.78 is 37.6. The molecule has 0 saturated heterocycles. The van der Waals surface area contributed by atoms with E-state index in [9.17, 15) is 18.0 Å². The first-order valence-corrected chi connectivity index (χ1v) is 14.8. The third-order valence-corrected chi connectivity index (χ3v) is 7.35. The number of methoxy groups -OCH3 is 2. The number of sulfonamides is 1. The topological polar surface area (TPSA) is 105 Å². The monoisotopic (exact) mass is 567 g/mol. The van der Waals surface area contributed by atoms with Crippen LogP contribution < -0.4 is 19.1 Å². The summed E-state index contributed by atoms with van der Waals surface area (Å²) in [4.78, 5) is 29.1. The third-order valence-electron chi connectivity index (χ3n) is 6.22. The van der Waals surface area contributed by atoms with Gasteiger partial charge in [-0.05, 0) is 49.2 Å². The predicted octanol–water partition coefficient (Wildman–Crippen LogP) is 3.63. The average Bonchev–Trinajstić information content (AvgIpc) is 2.93. The van der Waals surface area contributed by atoms with Crippen LogP contribution in [0.2, 0.25) is 0 Å². The van der Waals surface area contributed by atoms with Crippen molar-refractivity contribution < 1.29 is 27.5 Å². The van der Waals surface area contributed by atoms with Crippen molar-refractivity contribution in [3.8, 4) is 11.5 Å². The highest BCUT2D eigenvalue weighted by Crippen LogP contribution is 2.30. The molecule has 9 nitrogen and oxygen atoms in total. The minimum atomic E-state index is -3.90. The number of rotatable bonds is 13. The first-order valence-electron chi connectivity index (χ1n) is 12.9. The number of carbonyl (C=O) groups is 2. The van der Waals surface area contributed by atoms with Gasteiger partial charge >= 0.3 is 0 Å². The van der Waals surface area contributed by atoms with Crippen LogP contribution in [0.3, 0.4) is 0 Å². The lowest BCUT2D eigenvalue weighted by Gasteiger charge is -2.34. The number of amides is 2. The van der Waals surface area contributed by atoms with Crippen LogP contribution >= 0.6 is 0 Å². The van der Waals surface area contributed by atoms with Gasteiger partial charge in [0.1, 0.15) is 24.1 Å².